The fourth-order valence-electron chi connectivity index (χ4n) is 2.51. The van der Waals surface area contributed by atoms with E-state index in [2.05, 4.69) is 4.72 Å². The molecule has 0 saturated heterocycles. The predicted octanol–water partition coefficient (Wildman–Crippen LogP) is 2.52. The van der Waals surface area contributed by atoms with Crippen molar-refractivity contribution < 1.29 is 17.9 Å². The molecule has 7 heteroatoms. The predicted molar refractivity (Wildman–Crippen MR) is 92.5 cm³/mol. The molecule has 1 aliphatic heterocycles. The summed E-state index contributed by atoms with van der Waals surface area (Å²) in [6.07, 6.45) is 0. The van der Waals surface area contributed by atoms with E-state index in [4.69, 9.17) is 4.74 Å². The van der Waals surface area contributed by atoms with Crippen LogP contribution in [0.3, 0.4) is 0 Å². The Morgan fingerprint density at radius 1 is 1.21 bits per heavy atom. The molecule has 0 aromatic heterocycles. The number of carbonyl (C=O) groups excluding carboxylic acids is 1. The van der Waals surface area contributed by atoms with Gasteiger partial charge in [0.1, 0.15) is 12.4 Å². The Balaban J connectivity index is 1.92. The van der Waals surface area contributed by atoms with Crippen molar-refractivity contribution in [2.75, 3.05) is 29.8 Å². The number of hydrogen-bond donors (Lipinski definition) is 1. The number of fused-ring (bicyclic) bond motifs is 1. The normalized spacial score (nSPS) is 13.8. The van der Waals surface area contributed by atoms with Crippen molar-refractivity contribution in [2.45, 2.75) is 11.8 Å². The highest BCUT2D eigenvalue weighted by Crippen LogP contribution is 2.33. The van der Waals surface area contributed by atoms with Crippen molar-refractivity contribution in [3.05, 3.63) is 48.0 Å². The highest BCUT2D eigenvalue weighted by molar-refractivity contribution is 7.92. The lowest BCUT2D eigenvalue weighted by atomic mass is 10.1. The molecule has 0 fully saturated rings. The highest BCUT2D eigenvalue weighted by Gasteiger charge is 2.21. The van der Waals surface area contributed by atoms with Gasteiger partial charge in [0.15, 0.2) is 5.78 Å². The van der Waals surface area contributed by atoms with Crippen molar-refractivity contribution >= 4 is 27.2 Å². The number of sulfonamides is 1. The van der Waals surface area contributed by atoms with E-state index in [1.807, 2.05) is 11.9 Å². The van der Waals surface area contributed by atoms with Gasteiger partial charge in [-0.1, -0.05) is 12.1 Å². The van der Waals surface area contributed by atoms with Crippen LogP contribution in [-0.4, -0.2) is 34.4 Å². The van der Waals surface area contributed by atoms with Gasteiger partial charge in [-0.3, -0.25) is 9.52 Å². The SMILES string of the molecule is CC(=O)c1cccc(NS(=O)(=O)c2ccc3c(c2)N(C)CCO3)c1. The van der Waals surface area contributed by atoms with Crippen LogP contribution in [0.25, 0.3) is 0 Å². The number of nitrogens with zero attached hydrogens (tertiary/aromatic N) is 1. The first-order valence-electron chi connectivity index (χ1n) is 7.48. The average Bonchev–Trinajstić information content (AvgIpc) is 2.54. The molecule has 3 rings (SSSR count). The number of Topliss-reactive ketones (excluding diaryl/α,β-unsaturated/α-hetero) is 1. The molecule has 2 aromatic rings. The minimum atomic E-state index is -3.76. The zero-order valence-corrected chi connectivity index (χ0v) is 14.3. The van der Waals surface area contributed by atoms with E-state index in [9.17, 15) is 13.2 Å². The summed E-state index contributed by atoms with van der Waals surface area (Å²) in [5, 5.41) is 0. The Hall–Kier alpha value is -2.54. The van der Waals surface area contributed by atoms with Crippen LogP contribution >= 0.6 is 0 Å². The van der Waals surface area contributed by atoms with Crippen LogP contribution in [0.1, 0.15) is 17.3 Å². The number of benzene rings is 2. The molecule has 1 aliphatic rings. The minimum Gasteiger partial charge on any atom is -0.490 e. The second kappa shape index (κ2) is 6.16. The van der Waals surface area contributed by atoms with Crippen molar-refractivity contribution in [3.63, 3.8) is 0 Å². The molecule has 1 heterocycles. The topological polar surface area (TPSA) is 75.7 Å². The van der Waals surface area contributed by atoms with E-state index in [1.54, 1.807) is 30.3 Å². The molecule has 6 nitrogen and oxygen atoms in total. The van der Waals surface area contributed by atoms with Crippen LogP contribution in [0.2, 0.25) is 0 Å². The number of ether oxygens (including phenoxy) is 1. The lowest BCUT2D eigenvalue weighted by Gasteiger charge is -2.28. The molecular formula is C17H18N2O4S. The van der Waals surface area contributed by atoms with Gasteiger partial charge in [-0.2, -0.15) is 0 Å². The third kappa shape index (κ3) is 3.21. The van der Waals surface area contributed by atoms with Gasteiger partial charge in [-0.05, 0) is 37.3 Å². The molecule has 126 valence electrons. The number of nitrogens with one attached hydrogen (secondary N) is 1. The number of likely N-dealkylation sites (N-methyl/N-ethyl adjacent to an activating group) is 1. The van der Waals surface area contributed by atoms with Gasteiger partial charge in [0.2, 0.25) is 0 Å². The summed E-state index contributed by atoms with van der Waals surface area (Å²) in [5.74, 6) is 0.546. The summed E-state index contributed by atoms with van der Waals surface area (Å²) in [6, 6.07) is 11.2. The second-order valence-corrected chi connectivity index (χ2v) is 7.32. The third-order valence-electron chi connectivity index (χ3n) is 3.86. The van der Waals surface area contributed by atoms with Crippen LogP contribution in [0, 0.1) is 0 Å². The van der Waals surface area contributed by atoms with Gasteiger partial charge in [0.25, 0.3) is 10.0 Å². The van der Waals surface area contributed by atoms with Crippen molar-refractivity contribution in [3.8, 4) is 5.75 Å². The first-order valence-corrected chi connectivity index (χ1v) is 8.97. The molecule has 0 bridgehead atoms. The van der Waals surface area contributed by atoms with Gasteiger partial charge in [0, 0.05) is 18.3 Å². The second-order valence-electron chi connectivity index (χ2n) is 5.64. The summed E-state index contributed by atoms with van der Waals surface area (Å²) in [5.41, 5.74) is 1.54. The monoisotopic (exact) mass is 346 g/mol. The van der Waals surface area contributed by atoms with Crippen molar-refractivity contribution in [1.82, 2.24) is 0 Å². The molecule has 0 amide bonds. The quantitative estimate of drug-likeness (QED) is 0.861. The first-order chi connectivity index (χ1) is 11.4. The number of rotatable bonds is 4. The number of hydrogen-bond acceptors (Lipinski definition) is 5. The first kappa shape index (κ1) is 16.3. The maximum absolute atomic E-state index is 12.6. The van der Waals surface area contributed by atoms with Crippen LogP contribution < -0.4 is 14.4 Å². The number of anilines is 2. The smallest absolute Gasteiger partial charge is 0.261 e. The largest absolute Gasteiger partial charge is 0.490 e. The third-order valence-corrected chi connectivity index (χ3v) is 5.24. The van der Waals surface area contributed by atoms with Crippen LogP contribution in [0.4, 0.5) is 11.4 Å². The number of ketones is 1. The van der Waals surface area contributed by atoms with E-state index in [0.717, 1.165) is 5.69 Å². The maximum Gasteiger partial charge on any atom is 0.261 e. The summed E-state index contributed by atoms with van der Waals surface area (Å²) < 4.78 is 33.3. The Kier molecular flexibility index (Phi) is 4.19. The minimum absolute atomic E-state index is 0.122. The Labute approximate surface area is 141 Å². The van der Waals surface area contributed by atoms with Gasteiger partial charge >= 0.3 is 0 Å². The van der Waals surface area contributed by atoms with Gasteiger partial charge in [0.05, 0.1) is 17.1 Å². The Morgan fingerprint density at radius 2 is 2.00 bits per heavy atom. The highest BCUT2D eigenvalue weighted by atomic mass is 32.2. The fourth-order valence-corrected chi connectivity index (χ4v) is 3.58. The summed E-state index contributed by atoms with van der Waals surface area (Å²) in [4.78, 5) is 13.5. The molecule has 0 spiro atoms. The molecule has 2 aromatic carbocycles. The average molecular weight is 346 g/mol. The van der Waals surface area contributed by atoms with Gasteiger partial charge in [-0.15, -0.1) is 0 Å². The van der Waals surface area contributed by atoms with Crippen LogP contribution in [0.15, 0.2) is 47.4 Å². The molecular weight excluding hydrogens is 328 g/mol. The van der Waals surface area contributed by atoms with Gasteiger partial charge in [-0.25, -0.2) is 8.42 Å². The maximum atomic E-state index is 12.6. The van der Waals surface area contributed by atoms with Crippen molar-refractivity contribution in [1.29, 1.82) is 0 Å². The Morgan fingerprint density at radius 3 is 2.75 bits per heavy atom. The van der Waals surface area contributed by atoms with Crippen LogP contribution in [0.5, 0.6) is 5.75 Å². The summed E-state index contributed by atoms with van der Waals surface area (Å²) >= 11 is 0. The molecule has 1 N–H and O–H groups in total. The standard InChI is InChI=1S/C17H18N2O4S/c1-12(20)13-4-3-5-14(10-13)18-24(21,22)15-6-7-17-16(11-15)19(2)8-9-23-17/h3-7,10-11,18H,8-9H2,1-2H3. The van der Waals surface area contributed by atoms with E-state index >= 15 is 0 Å². The lowest BCUT2D eigenvalue weighted by Crippen LogP contribution is -2.29. The Bertz CT molecular complexity index is 893. The van der Waals surface area contributed by atoms with E-state index in [-0.39, 0.29) is 10.7 Å². The van der Waals surface area contributed by atoms with E-state index < -0.39 is 10.0 Å². The molecule has 0 aliphatic carbocycles. The molecule has 0 saturated carbocycles. The zero-order chi connectivity index (χ0) is 17.3. The summed E-state index contributed by atoms with van der Waals surface area (Å²) in [6.45, 7) is 2.71. The molecule has 0 unspecified atom stereocenters. The summed E-state index contributed by atoms with van der Waals surface area (Å²) in [7, 11) is -1.87. The molecule has 24 heavy (non-hydrogen) atoms. The fraction of sp³-hybridized carbons (Fsp3) is 0.235. The van der Waals surface area contributed by atoms with E-state index in [0.29, 0.717) is 30.2 Å². The molecule has 0 atom stereocenters. The van der Waals surface area contributed by atoms with E-state index in [1.165, 1.54) is 19.1 Å². The van der Waals surface area contributed by atoms with Crippen LogP contribution in [-0.2, 0) is 10.0 Å². The molecule has 0 radical (unpaired) electrons. The van der Waals surface area contributed by atoms with Crippen molar-refractivity contribution in [2.24, 2.45) is 0 Å². The van der Waals surface area contributed by atoms with Gasteiger partial charge < -0.3 is 9.64 Å². The zero-order valence-electron chi connectivity index (χ0n) is 13.4. The lowest BCUT2D eigenvalue weighted by molar-refractivity contribution is 0.101. The number of carbonyl (C=O) groups is 1.